The normalized spacial score (nSPS) is 14.8. The first-order chi connectivity index (χ1) is 13.1. The summed E-state index contributed by atoms with van der Waals surface area (Å²) in [5.74, 6) is -0.186. The van der Waals surface area contributed by atoms with Gasteiger partial charge in [-0.05, 0) is 49.9 Å². The Morgan fingerprint density at radius 1 is 1.07 bits per heavy atom. The topological polar surface area (TPSA) is 58.6 Å². The van der Waals surface area contributed by atoms with E-state index in [0.29, 0.717) is 17.9 Å². The lowest BCUT2D eigenvalue weighted by Crippen LogP contribution is -2.30. The summed E-state index contributed by atoms with van der Waals surface area (Å²) in [5.41, 5.74) is 3.11. The highest BCUT2D eigenvalue weighted by molar-refractivity contribution is 6.00. The van der Waals surface area contributed by atoms with E-state index in [1.165, 1.54) is 0 Å². The molecule has 5 heteroatoms. The maximum absolute atomic E-state index is 12.7. The van der Waals surface area contributed by atoms with Gasteiger partial charge < -0.3 is 15.0 Å². The van der Waals surface area contributed by atoms with E-state index in [1.807, 2.05) is 54.3 Å². The van der Waals surface area contributed by atoms with Gasteiger partial charge in [-0.3, -0.25) is 9.59 Å². The van der Waals surface area contributed by atoms with Crippen LogP contribution in [0.3, 0.4) is 0 Å². The smallest absolute Gasteiger partial charge is 0.254 e. The highest BCUT2D eigenvalue weighted by Gasteiger charge is 2.22. The minimum Gasteiger partial charge on any atom is -0.364 e. The molecular formula is C22H26N2O3. The van der Waals surface area contributed by atoms with Gasteiger partial charge in [-0.1, -0.05) is 36.4 Å². The van der Waals surface area contributed by atoms with Gasteiger partial charge in [-0.2, -0.15) is 0 Å². The molecule has 3 rings (SSSR count). The Morgan fingerprint density at radius 2 is 1.78 bits per heavy atom. The van der Waals surface area contributed by atoms with Gasteiger partial charge in [-0.25, -0.2) is 0 Å². The van der Waals surface area contributed by atoms with Crippen molar-refractivity contribution in [3.63, 3.8) is 0 Å². The van der Waals surface area contributed by atoms with Gasteiger partial charge in [0, 0.05) is 24.3 Å². The molecule has 2 aromatic rings. The van der Waals surface area contributed by atoms with Crippen molar-refractivity contribution in [1.29, 1.82) is 0 Å². The average molecular weight is 366 g/mol. The fraction of sp³-hybridized carbons (Fsp3) is 0.364. The van der Waals surface area contributed by atoms with Gasteiger partial charge in [0.15, 0.2) is 0 Å². The van der Waals surface area contributed by atoms with Crippen LogP contribution >= 0.6 is 0 Å². The lowest BCUT2D eigenvalue weighted by molar-refractivity contribution is -0.127. The van der Waals surface area contributed by atoms with Crippen LogP contribution in [0.1, 0.15) is 41.3 Å². The number of likely N-dealkylation sites (tertiary alicyclic amines) is 1. The Morgan fingerprint density at radius 3 is 2.48 bits per heavy atom. The zero-order valence-electron chi connectivity index (χ0n) is 15.9. The van der Waals surface area contributed by atoms with Crippen molar-refractivity contribution < 1.29 is 14.3 Å². The predicted molar refractivity (Wildman–Crippen MR) is 106 cm³/mol. The molecule has 1 saturated heterocycles. The summed E-state index contributed by atoms with van der Waals surface area (Å²) < 4.78 is 5.67. The fourth-order valence-corrected chi connectivity index (χ4v) is 3.20. The summed E-state index contributed by atoms with van der Waals surface area (Å²) in [7, 11) is 0. The molecular weight excluding hydrogens is 340 g/mol. The van der Waals surface area contributed by atoms with E-state index in [2.05, 4.69) is 5.32 Å². The molecule has 142 valence electrons. The third-order valence-corrected chi connectivity index (χ3v) is 4.93. The third-order valence-electron chi connectivity index (χ3n) is 4.93. The lowest BCUT2D eigenvalue weighted by Gasteiger charge is -2.19. The van der Waals surface area contributed by atoms with Crippen LogP contribution in [-0.4, -0.2) is 35.9 Å². The molecule has 1 N–H and O–H groups in total. The van der Waals surface area contributed by atoms with E-state index in [4.69, 9.17) is 4.74 Å². The Kier molecular flexibility index (Phi) is 6.24. The first-order valence-corrected chi connectivity index (χ1v) is 9.41. The third kappa shape index (κ3) is 4.74. The summed E-state index contributed by atoms with van der Waals surface area (Å²) >= 11 is 0. The van der Waals surface area contributed by atoms with Gasteiger partial charge in [0.1, 0.15) is 6.10 Å². The lowest BCUT2D eigenvalue weighted by atomic mass is 10.1. The molecule has 1 aliphatic rings. The Bertz CT molecular complexity index is 798. The van der Waals surface area contributed by atoms with E-state index in [0.717, 1.165) is 37.1 Å². The number of benzene rings is 2. The molecule has 1 heterocycles. The second-order valence-corrected chi connectivity index (χ2v) is 6.91. The van der Waals surface area contributed by atoms with E-state index < -0.39 is 6.10 Å². The van der Waals surface area contributed by atoms with Crippen molar-refractivity contribution in [2.75, 3.05) is 18.4 Å². The Balaban J connectivity index is 1.63. The van der Waals surface area contributed by atoms with E-state index in [9.17, 15) is 9.59 Å². The molecule has 1 unspecified atom stereocenters. The molecule has 0 spiro atoms. The maximum Gasteiger partial charge on any atom is 0.254 e. The number of carbonyl (C=O) groups is 2. The number of nitrogens with zero attached hydrogens (tertiary/aromatic N) is 1. The second-order valence-electron chi connectivity index (χ2n) is 6.91. The molecule has 1 fully saturated rings. The number of hydrogen-bond acceptors (Lipinski definition) is 3. The average Bonchev–Trinajstić information content (AvgIpc) is 3.23. The highest BCUT2D eigenvalue weighted by atomic mass is 16.5. The van der Waals surface area contributed by atoms with Crippen molar-refractivity contribution in [1.82, 2.24) is 4.90 Å². The van der Waals surface area contributed by atoms with Crippen LogP contribution in [0.15, 0.2) is 48.5 Å². The minimum absolute atomic E-state index is 0.0366. The molecule has 0 aliphatic carbocycles. The van der Waals surface area contributed by atoms with Crippen molar-refractivity contribution in [2.45, 2.75) is 39.4 Å². The Labute approximate surface area is 160 Å². The number of nitrogens with one attached hydrogen (secondary N) is 1. The summed E-state index contributed by atoms with van der Waals surface area (Å²) in [5, 5.41) is 2.90. The van der Waals surface area contributed by atoms with Crippen molar-refractivity contribution >= 4 is 17.5 Å². The number of amides is 2. The summed E-state index contributed by atoms with van der Waals surface area (Å²) in [6.45, 7) is 5.58. The fourth-order valence-electron chi connectivity index (χ4n) is 3.20. The molecule has 2 amide bonds. The molecule has 0 radical (unpaired) electrons. The summed E-state index contributed by atoms with van der Waals surface area (Å²) in [6.07, 6.45) is 1.51. The van der Waals surface area contributed by atoms with Crippen molar-refractivity contribution in [3.05, 3.63) is 65.2 Å². The van der Waals surface area contributed by atoms with Gasteiger partial charge in [0.05, 0.1) is 6.61 Å². The Hall–Kier alpha value is -2.66. The van der Waals surface area contributed by atoms with Crippen LogP contribution in [0.2, 0.25) is 0 Å². The van der Waals surface area contributed by atoms with Crippen LogP contribution in [0.25, 0.3) is 0 Å². The van der Waals surface area contributed by atoms with Gasteiger partial charge in [0.25, 0.3) is 11.8 Å². The largest absolute Gasteiger partial charge is 0.364 e. The quantitative estimate of drug-likeness (QED) is 0.846. The standard InChI is InChI=1S/C22H26N2O3/c1-16-19(22(26)24-13-6-7-14-24)11-8-12-20(16)23-21(25)17(2)27-15-18-9-4-3-5-10-18/h3-5,8-12,17H,6-7,13-15H2,1-2H3,(H,23,25). The molecule has 2 aromatic carbocycles. The van der Waals surface area contributed by atoms with Crippen LogP contribution in [0, 0.1) is 6.92 Å². The van der Waals surface area contributed by atoms with Gasteiger partial charge >= 0.3 is 0 Å². The summed E-state index contributed by atoms with van der Waals surface area (Å²) in [6, 6.07) is 15.2. The first-order valence-electron chi connectivity index (χ1n) is 9.41. The zero-order chi connectivity index (χ0) is 19.2. The van der Waals surface area contributed by atoms with E-state index >= 15 is 0 Å². The molecule has 0 aromatic heterocycles. The number of anilines is 1. The summed E-state index contributed by atoms with van der Waals surface area (Å²) in [4.78, 5) is 27.1. The van der Waals surface area contributed by atoms with Crippen molar-refractivity contribution in [2.24, 2.45) is 0 Å². The van der Waals surface area contributed by atoms with Crippen LogP contribution in [0.4, 0.5) is 5.69 Å². The molecule has 0 saturated carbocycles. The predicted octanol–water partition coefficient (Wildman–Crippen LogP) is 3.77. The van der Waals surface area contributed by atoms with E-state index in [1.54, 1.807) is 13.0 Å². The molecule has 27 heavy (non-hydrogen) atoms. The number of rotatable bonds is 6. The molecule has 1 atom stereocenters. The maximum atomic E-state index is 12.7. The molecule has 1 aliphatic heterocycles. The first kappa shape index (κ1) is 19.1. The number of hydrogen-bond donors (Lipinski definition) is 1. The van der Waals surface area contributed by atoms with Gasteiger partial charge in [0.2, 0.25) is 0 Å². The van der Waals surface area contributed by atoms with Gasteiger partial charge in [-0.15, -0.1) is 0 Å². The van der Waals surface area contributed by atoms with Crippen LogP contribution in [-0.2, 0) is 16.1 Å². The van der Waals surface area contributed by atoms with Crippen LogP contribution in [0.5, 0.6) is 0 Å². The minimum atomic E-state index is -0.595. The molecule has 5 nitrogen and oxygen atoms in total. The van der Waals surface area contributed by atoms with Crippen molar-refractivity contribution in [3.8, 4) is 0 Å². The SMILES string of the molecule is Cc1c(NC(=O)C(C)OCc2ccccc2)cccc1C(=O)N1CCCC1. The van der Waals surface area contributed by atoms with Crippen LogP contribution < -0.4 is 5.32 Å². The zero-order valence-corrected chi connectivity index (χ0v) is 15.9. The molecule has 0 bridgehead atoms. The highest BCUT2D eigenvalue weighted by Crippen LogP contribution is 2.22. The second kappa shape index (κ2) is 8.82. The number of carbonyl (C=O) groups excluding carboxylic acids is 2. The number of ether oxygens (including phenoxy) is 1. The van der Waals surface area contributed by atoms with E-state index in [-0.39, 0.29) is 11.8 Å². The monoisotopic (exact) mass is 366 g/mol.